The third-order valence-corrected chi connectivity index (χ3v) is 2.67. The van der Waals surface area contributed by atoms with Crippen LogP contribution in [0.4, 0.5) is 0 Å². The smallest absolute Gasteiger partial charge is 0.148 e. The van der Waals surface area contributed by atoms with Gasteiger partial charge in [-0.3, -0.25) is 0 Å². The number of aliphatic hydroxyl groups is 1. The lowest BCUT2D eigenvalue weighted by Gasteiger charge is -2.17. The molecule has 1 rings (SSSR count). The number of aldehydes is 1. The second-order valence-electron chi connectivity index (χ2n) is 4.09. The first kappa shape index (κ1) is 11.2. The van der Waals surface area contributed by atoms with Crippen LogP contribution in [0, 0.1) is 5.92 Å². The fourth-order valence-electron chi connectivity index (χ4n) is 1.77. The molecule has 0 aliphatic heterocycles. The van der Waals surface area contributed by atoms with Crippen molar-refractivity contribution < 1.29 is 9.90 Å². The van der Waals surface area contributed by atoms with Gasteiger partial charge in [-0.25, -0.2) is 0 Å². The number of allylic oxidation sites excluding steroid dienone is 4. The topological polar surface area (TPSA) is 37.3 Å². The fraction of sp³-hybridized carbons (Fsp3) is 0.583. The average molecular weight is 194 g/mol. The van der Waals surface area contributed by atoms with Gasteiger partial charge in [-0.2, -0.15) is 0 Å². The summed E-state index contributed by atoms with van der Waals surface area (Å²) >= 11 is 0. The molecule has 0 radical (unpaired) electrons. The predicted octanol–water partition coefficient (Wildman–Crippen LogP) is 2.24. The van der Waals surface area contributed by atoms with Crippen molar-refractivity contribution in [3.05, 3.63) is 23.3 Å². The molecule has 0 fully saturated rings. The molecule has 2 heteroatoms. The van der Waals surface area contributed by atoms with Crippen molar-refractivity contribution in [3.63, 3.8) is 0 Å². The largest absolute Gasteiger partial charge is 0.386 e. The van der Waals surface area contributed by atoms with Crippen LogP contribution >= 0.6 is 0 Å². The molecule has 0 aromatic heterocycles. The molecule has 14 heavy (non-hydrogen) atoms. The minimum atomic E-state index is -0.803. The zero-order valence-electron chi connectivity index (χ0n) is 8.86. The van der Waals surface area contributed by atoms with E-state index in [-0.39, 0.29) is 0 Å². The van der Waals surface area contributed by atoms with Gasteiger partial charge < -0.3 is 9.90 Å². The highest BCUT2D eigenvalue weighted by Crippen LogP contribution is 2.25. The van der Waals surface area contributed by atoms with E-state index in [4.69, 9.17) is 5.11 Å². The molecule has 0 aromatic rings. The molecule has 0 heterocycles. The van der Waals surface area contributed by atoms with Crippen LogP contribution in [-0.4, -0.2) is 17.5 Å². The number of carbonyl (C=O) groups excluding carboxylic acids is 1. The average Bonchev–Trinajstić information content (AvgIpc) is 2.16. The zero-order valence-corrected chi connectivity index (χ0v) is 8.86. The van der Waals surface area contributed by atoms with E-state index in [1.807, 2.05) is 0 Å². The lowest BCUT2D eigenvalue weighted by Crippen LogP contribution is -2.09. The predicted molar refractivity (Wildman–Crippen MR) is 56.9 cm³/mol. The summed E-state index contributed by atoms with van der Waals surface area (Å²) in [5.74, 6) is 0.620. The summed E-state index contributed by atoms with van der Waals surface area (Å²) < 4.78 is 0. The van der Waals surface area contributed by atoms with E-state index in [1.54, 1.807) is 0 Å². The van der Waals surface area contributed by atoms with E-state index in [0.29, 0.717) is 18.6 Å². The Morgan fingerprint density at radius 3 is 3.00 bits per heavy atom. The molecule has 0 bridgehead atoms. The molecule has 0 aromatic carbocycles. The lowest BCUT2D eigenvalue weighted by molar-refractivity contribution is -0.115. The number of carbonyl (C=O) groups is 1. The van der Waals surface area contributed by atoms with Gasteiger partial charge in [-0.1, -0.05) is 24.6 Å². The normalized spacial score (nSPS) is 23.8. The van der Waals surface area contributed by atoms with Crippen molar-refractivity contribution in [2.45, 2.75) is 39.2 Å². The quantitative estimate of drug-likeness (QED) is 0.697. The molecule has 1 aliphatic carbocycles. The Morgan fingerprint density at radius 2 is 2.43 bits per heavy atom. The Balaban J connectivity index is 2.49. The second-order valence-corrected chi connectivity index (χ2v) is 4.09. The molecule has 0 saturated carbocycles. The monoisotopic (exact) mass is 194 g/mol. The van der Waals surface area contributed by atoms with Crippen LogP contribution in [0.2, 0.25) is 0 Å². The maximum Gasteiger partial charge on any atom is 0.148 e. The van der Waals surface area contributed by atoms with Crippen molar-refractivity contribution in [2.75, 3.05) is 0 Å². The van der Waals surface area contributed by atoms with Crippen molar-refractivity contribution in [1.29, 1.82) is 0 Å². The van der Waals surface area contributed by atoms with Gasteiger partial charge in [0.1, 0.15) is 12.4 Å². The summed E-state index contributed by atoms with van der Waals surface area (Å²) in [5.41, 5.74) is 2.67. The first-order valence-corrected chi connectivity index (χ1v) is 5.13. The Kier molecular flexibility index (Phi) is 4.08. The van der Waals surface area contributed by atoms with Crippen LogP contribution in [0.25, 0.3) is 0 Å². The van der Waals surface area contributed by atoms with Gasteiger partial charge in [0.25, 0.3) is 0 Å². The van der Waals surface area contributed by atoms with E-state index in [1.165, 1.54) is 11.1 Å². The first-order valence-electron chi connectivity index (χ1n) is 5.13. The Bertz CT molecular complexity index is 263. The summed E-state index contributed by atoms with van der Waals surface area (Å²) in [6.07, 6.45) is 6.55. The third-order valence-electron chi connectivity index (χ3n) is 2.67. The van der Waals surface area contributed by atoms with Gasteiger partial charge >= 0.3 is 0 Å². The molecule has 2 nitrogen and oxygen atoms in total. The number of aliphatic hydroxyl groups excluding tert-OH is 1. The van der Waals surface area contributed by atoms with Crippen LogP contribution in [0.3, 0.4) is 0 Å². The zero-order chi connectivity index (χ0) is 10.6. The van der Waals surface area contributed by atoms with Gasteiger partial charge in [0.15, 0.2) is 0 Å². The van der Waals surface area contributed by atoms with Crippen molar-refractivity contribution in [2.24, 2.45) is 5.92 Å². The molecule has 0 amide bonds. The number of rotatable bonds is 4. The minimum Gasteiger partial charge on any atom is -0.386 e. The summed E-state index contributed by atoms with van der Waals surface area (Å²) in [6, 6.07) is 0. The van der Waals surface area contributed by atoms with E-state index in [2.05, 4.69) is 26.0 Å². The van der Waals surface area contributed by atoms with Crippen molar-refractivity contribution in [3.8, 4) is 0 Å². The van der Waals surface area contributed by atoms with Gasteiger partial charge in [-0.15, -0.1) is 0 Å². The van der Waals surface area contributed by atoms with Crippen LogP contribution in [-0.2, 0) is 4.79 Å². The van der Waals surface area contributed by atoms with Gasteiger partial charge in [-0.05, 0) is 37.7 Å². The van der Waals surface area contributed by atoms with E-state index in [9.17, 15) is 4.79 Å². The molecule has 2 atom stereocenters. The van der Waals surface area contributed by atoms with Crippen molar-refractivity contribution >= 4 is 6.29 Å². The van der Waals surface area contributed by atoms with Crippen LogP contribution in [0.15, 0.2) is 23.3 Å². The highest BCUT2D eigenvalue weighted by Gasteiger charge is 2.10. The molecule has 78 valence electrons. The fourth-order valence-corrected chi connectivity index (χ4v) is 1.77. The van der Waals surface area contributed by atoms with E-state index in [0.717, 1.165) is 12.8 Å². The maximum atomic E-state index is 10.2. The summed E-state index contributed by atoms with van der Waals surface area (Å²) in [4.78, 5) is 10.2. The molecular formula is C12H18O2. The molecule has 2 unspecified atom stereocenters. The van der Waals surface area contributed by atoms with Crippen molar-refractivity contribution in [1.82, 2.24) is 0 Å². The van der Waals surface area contributed by atoms with Crippen LogP contribution < -0.4 is 0 Å². The number of hydrogen-bond donors (Lipinski definition) is 1. The molecule has 1 N–H and O–H groups in total. The van der Waals surface area contributed by atoms with Crippen LogP contribution in [0.1, 0.15) is 33.1 Å². The Hall–Kier alpha value is -0.890. The highest BCUT2D eigenvalue weighted by atomic mass is 16.3. The standard InChI is InChI=1S/C12H18O2/c1-9-3-4-11(10(2)7-9)5-6-12(14)8-13/h3-4,8-9,12,14H,5-7H2,1-2H3. The summed E-state index contributed by atoms with van der Waals surface area (Å²) in [7, 11) is 0. The Labute approximate surface area is 85.3 Å². The number of hydrogen-bond acceptors (Lipinski definition) is 2. The summed E-state index contributed by atoms with van der Waals surface area (Å²) in [6.45, 7) is 4.32. The highest BCUT2D eigenvalue weighted by molar-refractivity contribution is 5.55. The molecule has 0 spiro atoms. The van der Waals surface area contributed by atoms with E-state index < -0.39 is 6.10 Å². The lowest BCUT2D eigenvalue weighted by atomic mass is 9.89. The van der Waals surface area contributed by atoms with E-state index >= 15 is 0 Å². The maximum absolute atomic E-state index is 10.2. The third kappa shape index (κ3) is 3.11. The molecular weight excluding hydrogens is 176 g/mol. The van der Waals surface area contributed by atoms with Gasteiger partial charge in [0.05, 0.1) is 0 Å². The van der Waals surface area contributed by atoms with Crippen LogP contribution in [0.5, 0.6) is 0 Å². The Morgan fingerprint density at radius 1 is 1.71 bits per heavy atom. The summed E-state index contributed by atoms with van der Waals surface area (Å²) in [5, 5.41) is 9.11. The second kappa shape index (κ2) is 5.11. The first-order chi connectivity index (χ1) is 6.63. The van der Waals surface area contributed by atoms with Gasteiger partial charge in [0, 0.05) is 0 Å². The molecule has 0 saturated heterocycles. The van der Waals surface area contributed by atoms with Gasteiger partial charge in [0.2, 0.25) is 0 Å². The SMILES string of the molecule is CC1=C(CCC(O)C=O)C=CC(C)C1. The minimum absolute atomic E-state index is 0.537. The molecule has 1 aliphatic rings.